The van der Waals surface area contributed by atoms with Crippen molar-refractivity contribution in [3.63, 3.8) is 0 Å². The van der Waals surface area contributed by atoms with Crippen molar-refractivity contribution < 1.29 is 0 Å². The second-order valence-corrected chi connectivity index (χ2v) is 5.89. The molecule has 0 spiro atoms. The number of hydrogen-bond acceptors (Lipinski definition) is 3. The fraction of sp³-hybridized carbons (Fsp3) is 0.857. The Hall–Kier alpha value is -0.380. The molecule has 98 valence electrons. The monoisotopic (exact) mass is 237 g/mol. The van der Waals surface area contributed by atoms with Gasteiger partial charge in [-0.15, -0.1) is 0 Å². The van der Waals surface area contributed by atoms with Crippen LogP contribution >= 0.6 is 0 Å². The van der Waals surface area contributed by atoms with Gasteiger partial charge >= 0.3 is 0 Å². The molecule has 3 heteroatoms. The molecule has 17 heavy (non-hydrogen) atoms. The van der Waals surface area contributed by atoms with E-state index in [1.807, 2.05) is 0 Å². The predicted molar refractivity (Wildman–Crippen MR) is 72.5 cm³/mol. The number of nitrogens with two attached hydrogens (primary N) is 1. The Kier molecular flexibility index (Phi) is 4.23. The van der Waals surface area contributed by atoms with Crippen molar-refractivity contribution in [2.24, 2.45) is 5.84 Å². The molecule has 1 atom stereocenters. The van der Waals surface area contributed by atoms with Crippen molar-refractivity contribution in [2.75, 3.05) is 13.1 Å². The highest BCUT2D eigenvalue weighted by molar-refractivity contribution is 5.14. The van der Waals surface area contributed by atoms with Crippen LogP contribution in [-0.2, 0) is 0 Å². The number of allylic oxidation sites excluding steroid dienone is 1. The van der Waals surface area contributed by atoms with Gasteiger partial charge in [0.25, 0.3) is 0 Å². The number of nitrogens with zero attached hydrogens (tertiary/aromatic N) is 1. The Balaban J connectivity index is 2.22. The molecule has 0 aromatic carbocycles. The summed E-state index contributed by atoms with van der Waals surface area (Å²) in [5.74, 6) is 5.83. The van der Waals surface area contributed by atoms with E-state index in [9.17, 15) is 0 Å². The Morgan fingerprint density at radius 1 is 1.18 bits per heavy atom. The molecule has 1 aliphatic carbocycles. The third-order valence-corrected chi connectivity index (χ3v) is 4.46. The molecular weight excluding hydrogens is 210 g/mol. The summed E-state index contributed by atoms with van der Waals surface area (Å²) in [6.45, 7) is 6.84. The molecule has 0 bridgehead atoms. The third-order valence-electron chi connectivity index (χ3n) is 4.46. The maximum Gasteiger partial charge on any atom is 0.0577 e. The van der Waals surface area contributed by atoms with Crippen LogP contribution in [0.25, 0.3) is 0 Å². The first-order valence-electron chi connectivity index (χ1n) is 7.05. The van der Waals surface area contributed by atoms with Gasteiger partial charge in [-0.1, -0.05) is 24.5 Å². The van der Waals surface area contributed by atoms with Gasteiger partial charge in [-0.2, -0.15) is 0 Å². The number of hydrazine groups is 1. The molecule has 0 amide bonds. The summed E-state index contributed by atoms with van der Waals surface area (Å²) in [6.07, 6.45) is 10.3. The van der Waals surface area contributed by atoms with E-state index in [1.165, 1.54) is 57.2 Å². The van der Waals surface area contributed by atoms with E-state index in [4.69, 9.17) is 5.84 Å². The minimum Gasteiger partial charge on any atom is -0.296 e. The van der Waals surface area contributed by atoms with Gasteiger partial charge in [0.15, 0.2) is 0 Å². The van der Waals surface area contributed by atoms with Gasteiger partial charge < -0.3 is 0 Å². The molecule has 1 heterocycles. The zero-order chi connectivity index (χ0) is 12.3. The lowest BCUT2D eigenvalue weighted by Gasteiger charge is -2.44. The molecule has 3 nitrogen and oxygen atoms in total. The zero-order valence-electron chi connectivity index (χ0n) is 11.3. The summed E-state index contributed by atoms with van der Waals surface area (Å²) in [5.41, 5.74) is 4.73. The van der Waals surface area contributed by atoms with Crippen LogP contribution in [0, 0.1) is 0 Å². The second-order valence-electron chi connectivity index (χ2n) is 5.89. The highest BCUT2D eigenvalue weighted by Crippen LogP contribution is 2.40. The quantitative estimate of drug-likeness (QED) is 0.447. The fourth-order valence-corrected chi connectivity index (χ4v) is 3.67. The molecule has 1 aliphatic heterocycles. The van der Waals surface area contributed by atoms with Crippen molar-refractivity contribution in [2.45, 2.75) is 64.0 Å². The van der Waals surface area contributed by atoms with Gasteiger partial charge in [0.2, 0.25) is 0 Å². The molecule has 0 radical (unpaired) electrons. The lowest BCUT2D eigenvalue weighted by Crippen LogP contribution is -2.60. The first-order valence-corrected chi connectivity index (χ1v) is 7.05. The highest BCUT2D eigenvalue weighted by Gasteiger charge is 2.45. The van der Waals surface area contributed by atoms with Crippen LogP contribution in [0.2, 0.25) is 0 Å². The van der Waals surface area contributed by atoms with Gasteiger partial charge in [-0.25, -0.2) is 0 Å². The Morgan fingerprint density at radius 2 is 1.76 bits per heavy atom. The van der Waals surface area contributed by atoms with E-state index in [0.717, 1.165) is 0 Å². The maximum atomic E-state index is 5.83. The summed E-state index contributed by atoms with van der Waals surface area (Å²) in [7, 11) is 0. The first-order chi connectivity index (χ1) is 8.19. The molecule has 2 aliphatic rings. The van der Waals surface area contributed by atoms with E-state index in [2.05, 4.69) is 30.2 Å². The van der Waals surface area contributed by atoms with Crippen LogP contribution in [0.3, 0.4) is 0 Å². The maximum absolute atomic E-state index is 5.83. The Morgan fingerprint density at radius 3 is 2.24 bits per heavy atom. The van der Waals surface area contributed by atoms with E-state index in [0.29, 0.717) is 11.6 Å². The van der Waals surface area contributed by atoms with Crippen LogP contribution in [0.15, 0.2) is 11.6 Å². The van der Waals surface area contributed by atoms with Gasteiger partial charge in [-0.05, 0) is 52.6 Å². The minimum atomic E-state index is 0.294. The van der Waals surface area contributed by atoms with Crippen molar-refractivity contribution in [3.05, 3.63) is 11.6 Å². The predicted octanol–water partition coefficient (Wildman–Crippen LogP) is 2.19. The van der Waals surface area contributed by atoms with Crippen molar-refractivity contribution in [1.82, 2.24) is 10.3 Å². The molecule has 1 saturated heterocycles. The van der Waals surface area contributed by atoms with Crippen molar-refractivity contribution in [3.8, 4) is 0 Å². The number of rotatable bonds is 4. The second kappa shape index (κ2) is 5.51. The average Bonchev–Trinajstić information content (AvgIpc) is 2.95. The lowest BCUT2D eigenvalue weighted by atomic mass is 9.85. The van der Waals surface area contributed by atoms with Crippen LogP contribution in [0.5, 0.6) is 0 Å². The summed E-state index contributed by atoms with van der Waals surface area (Å²) < 4.78 is 0. The van der Waals surface area contributed by atoms with Gasteiger partial charge in [0, 0.05) is 5.54 Å². The summed E-state index contributed by atoms with van der Waals surface area (Å²) in [4.78, 5) is 2.70. The summed E-state index contributed by atoms with van der Waals surface area (Å²) in [5, 5.41) is 0. The largest absolute Gasteiger partial charge is 0.296 e. The normalized spacial score (nSPS) is 26.1. The topological polar surface area (TPSA) is 41.3 Å². The highest BCUT2D eigenvalue weighted by atomic mass is 15.3. The van der Waals surface area contributed by atoms with Crippen molar-refractivity contribution in [1.29, 1.82) is 0 Å². The summed E-state index contributed by atoms with van der Waals surface area (Å²) in [6, 6.07) is 0.313. The smallest absolute Gasteiger partial charge is 0.0577 e. The van der Waals surface area contributed by atoms with E-state index in [1.54, 1.807) is 0 Å². The summed E-state index contributed by atoms with van der Waals surface area (Å²) >= 11 is 0. The van der Waals surface area contributed by atoms with Gasteiger partial charge in [0.1, 0.15) is 0 Å². The molecule has 2 fully saturated rings. The Labute approximate surface area is 105 Å². The van der Waals surface area contributed by atoms with Crippen LogP contribution in [-0.4, -0.2) is 29.6 Å². The lowest BCUT2D eigenvalue weighted by molar-refractivity contribution is 0.0939. The third kappa shape index (κ3) is 2.56. The van der Waals surface area contributed by atoms with Gasteiger partial charge in [-0.3, -0.25) is 16.2 Å². The molecule has 1 saturated carbocycles. The number of hydrogen-bond donors (Lipinski definition) is 2. The zero-order valence-corrected chi connectivity index (χ0v) is 11.3. The average molecular weight is 237 g/mol. The molecular formula is C14H27N3. The molecule has 2 rings (SSSR count). The van der Waals surface area contributed by atoms with E-state index < -0.39 is 0 Å². The first kappa shape index (κ1) is 13.1. The molecule has 0 aromatic rings. The number of likely N-dealkylation sites (tertiary alicyclic amines) is 1. The van der Waals surface area contributed by atoms with Gasteiger partial charge in [0.05, 0.1) is 6.04 Å². The van der Waals surface area contributed by atoms with Crippen LogP contribution < -0.4 is 11.3 Å². The SMILES string of the molecule is CC(C)=CC(NN)C1(N2CCCC2)CCCC1. The standard InChI is InChI=1S/C14H27N3/c1-12(2)11-13(16-15)14(7-3-4-8-14)17-9-5-6-10-17/h11,13,16H,3-10,15H2,1-2H3. The Bertz CT molecular complexity index is 269. The van der Waals surface area contributed by atoms with E-state index >= 15 is 0 Å². The number of nitrogens with one attached hydrogen (secondary N) is 1. The molecule has 1 unspecified atom stereocenters. The fourth-order valence-electron chi connectivity index (χ4n) is 3.67. The van der Waals surface area contributed by atoms with Crippen molar-refractivity contribution >= 4 is 0 Å². The molecule has 3 N–H and O–H groups in total. The van der Waals surface area contributed by atoms with Crippen LogP contribution in [0.4, 0.5) is 0 Å². The van der Waals surface area contributed by atoms with Crippen LogP contribution in [0.1, 0.15) is 52.4 Å². The minimum absolute atomic E-state index is 0.294. The van der Waals surface area contributed by atoms with E-state index in [-0.39, 0.29) is 0 Å². The molecule has 0 aromatic heterocycles.